The first-order valence-electron chi connectivity index (χ1n) is 5.77. The van der Waals surface area contributed by atoms with E-state index in [1.165, 1.54) is 0 Å². The topological polar surface area (TPSA) is 76.0 Å². The lowest BCUT2D eigenvalue weighted by atomic mass is 9.91. The minimum Gasteiger partial charge on any atom is -0.391 e. The number of hydrogen-bond acceptors (Lipinski definition) is 5. The standard InChI is InChI=1S/C11H20N2O3/c1-2-4-12-7-6-13-5-3-8(14)9(13)11(16)10(7)15/h2,7-12,14-16H,1,3-6H2. The molecule has 0 aromatic rings. The van der Waals surface area contributed by atoms with Crippen LogP contribution in [-0.2, 0) is 0 Å². The predicted octanol–water partition coefficient (Wildman–Crippen LogP) is -1.70. The van der Waals surface area contributed by atoms with Crippen molar-refractivity contribution in [2.75, 3.05) is 19.6 Å². The van der Waals surface area contributed by atoms with Gasteiger partial charge in [0.05, 0.1) is 24.4 Å². The lowest BCUT2D eigenvalue weighted by Crippen LogP contribution is -2.65. The number of nitrogens with zero attached hydrogens (tertiary/aromatic N) is 1. The molecule has 2 aliphatic rings. The third-order valence-electron chi connectivity index (χ3n) is 3.60. The van der Waals surface area contributed by atoms with E-state index < -0.39 is 18.3 Å². The largest absolute Gasteiger partial charge is 0.391 e. The van der Waals surface area contributed by atoms with Gasteiger partial charge in [-0.3, -0.25) is 4.90 Å². The molecule has 2 aliphatic heterocycles. The van der Waals surface area contributed by atoms with Gasteiger partial charge in [0, 0.05) is 25.7 Å². The second-order valence-electron chi connectivity index (χ2n) is 4.63. The maximum atomic E-state index is 9.97. The molecule has 0 aromatic heterocycles. The summed E-state index contributed by atoms with van der Waals surface area (Å²) >= 11 is 0. The minimum atomic E-state index is -0.881. The number of aliphatic hydroxyl groups is 3. The number of aliphatic hydroxyl groups excluding tert-OH is 3. The number of rotatable bonds is 3. The first kappa shape index (κ1) is 12.0. The van der Waals surface area contributed by atoms with Crippen LogP contribution in [-0.4, -0.2) is 70.2 Å². The van der Waals surface area contributed by atoms with Gasteiger partial charge in [-0.1, -0.05) is 6.08 Å². The Kier molecular flexibility index (Phi) is 3.61. The molecule has 0 aromatic carbocycles. The Morgan fingerprint density at radius 1 is 1.31 bits per heavy atom. The van der Waals surface area contributed by atoms with Crippen LogP contribution in [0.25, 0.3) is 0 Å². The molecule has 2 heterocycles. The Balaban J connectivity index is 2.03. The second-order valence-corrected chi connectivity index (χ2v) is 4.63. The predicted molar refractivity (Wildman–Crippen MR) is 60.0 cm³/mol. The Morgan fingerprint density at radius 3 is 2.75 bits per heavy atom. The average molecular weight is 228 g/mol. The Bertz CT molecular complexity index is 262. The summed E-state index contributed by atoms with van der Waals surface area (Å²) in [7, 11) is 0. The molecule has 16 heavy (non-hydrogen) atoms. The fourth-order valence-corrected chi connectivity index (χ4v) is 2.74. The summed E-state index contributed by atoms with van der Waals surface area (Å²) in [5.41, 5.74) is 0. The van der Waals surface area contributed by atoms with Crippen molar-refractivity contribution in [1.29, 1.82) is 0 Å². The van der Waals surface area contributed by atoms with Gasteiger partial charge in [-0.25, -0.2) is 0 Å². The summed E-state index contributed by atoms with van der Waals surface area (Å²) in [6.07, 6.45) is 0.166. The number of fused-ring (bicyclic) bond motifs is 1. The van der Waals surface area contributed by atoms with Gasteiger partial charge < -0.3 is 20.6 Å². The highest BCUT2D eigenvalue weighted by molar-refractivity contribution is 5.03. The van der Waals surface area contributed by atoms with Gasteiger partial charge in [0.15, 0.2) is 0 Å². The van der Waals surface area contributed by atoms with Crippen molar-refractivity contribution in [3.05, 3.63) is 12.7 Å². The summed E-state index contributed by atoms with van der Waals surface area (Å²) in [4.78, 5) is 2.04. The van der Waals surface area contributed by atoms with E-state index in [0.717, 1.165) is 6.54 Å². The van der Waals surface area contributed by atoms with E-state index in [4.69, 9.17) is 0 Å². The molecule has 0 bridgehead atoms. The first-order valence-corrected chi connectivity index (χ1v) is 5.77. The van der Waals surface area contributed by atoms with Gasteiger partial charge in [-0.15, -0.1) is 6.58 Å². The Morgan fingerprint density at radius 2 is 2.06 bits per heavy atom. The van der Waals surface area contributed by atoms with Crippen LogP contribution in [0.2, 0.25) is 0 Å². The Labute approximate surface area is 95.4 Å². The van der Waals surface area contributed by atoms with E-state index in [2.05, 4.69) is 11.9 Å². The van der Waals surface area contributed by atoms with Crippen LogP contribution in [0.4, 0.5) is 0 Å². The number of hydrogen-bond donors (Lipinski definition) is 4. The molecule has 5 heteroatoms. The van der Waals surface area contributed by atoms with E-state index in [9.17, 15) is 15.3 Å². The molecule has 5 unspecified atom stereocenters. The average Bonchev–Trinajstić information content (AvgIpc) is 2.63. The maximum Gasteiger partial charge on any atom is 0.0994 e. The minimum absolute atomic E-state index is 0.158. The molecule has 2 rings (SSSR count). The monoisotopic (exact) mass is 228 g/mol. The summed E-state index contributed by atoms with van der Waals surface area (Å²) in [6.45, 7) is 5.65. The van der Waals surface area contributed by atoms with Gasteiger partial charge in [-0.05, 0) is 6.42 Å². The van der Waals surface area contributed by atoms with Crippen LogP contribution in [0.3, 0.4) is 0 Å². The molecular formula is C11H20N2O3. The van der Waals surface area contributed by atoms with Gasteiger partial charge >= 0.3 is 0 Å². The SMILES string of the molecule is C=CCNC1CN2CCC(O)C2C(O)C1O. The quantitative estimate of drug-likeness (QED) is 0.433. The lowest BCUT2D eigenvalue weighted by molar-refractivity contribution is -0.101. The summed E-state index contributed by atoms with van der Waals surface area (Å²) < 4.78 is 0. The smallest absolute Gasteiger partial charge is 0.0994 e. The molecule has 0 saturated carbocycles. The molecule has 2 fully saturated rings. The highest BCUT2D eigenvalue weighted by Crippen LogP contribution is 2.28. The summed E-state index contributed by atoms with van der Waals surface area (Å²) in [5, 5.41) is 32.8. The van der Waals surface area contributed by atoms with Crippen LogP contribution in [0, 0.1) is 0 Å². The van der Waals surface area contributed by atoms with Crippen LogP contribution in [0.15, 0.2) is 12.7 Å². The van der Waals surface area contributed by atoms with Gasteiger partial charge in [0.1, 0.15) is 0 Å². The van der Waals surface area contributed by atoms with Crippen molar-refractivity contribution in [3.8, 4) is 0 Å². The Hall–Kier alpha value is -0.460. The molecule has 0 radical (unpaired) electrons. The van der Waals surface area contributed by atoms with E-state index in [1.807, 2.05) is 4.90 Å². The van der Waals surface area contributed by atoms with Crippen molar-refractivity contribution in [2.45, 2.75) is 36.8 Å². The van der Waals surface area contributed by atoms with Crippen molar-refractivity contribution < 1.29 is 15.3 Å². The van der Waals surface area contributed by atoms with E-state index >= 15 is 0 Å². The van der Waals surface area contributed by atoms with E-state index in [-0.39, 0.29) is 12.1 Å². The molecule has 5 atom stereocenters. The second kappa shape index (κ2) is 4.81. The fourth-order valence-electron chi connectivity index (χ4n) is 2.74. The molecule has 5 nitrogen and oxygen atoms in total. The zero-order valence-corrected chi connectivity index (χ0v) is 9.29. The van der Waals surface area contributed by atoms with Crippen molar-refractivity contribution in [3.63, 3.8) is 0 Å². The zero-order valence-electron chi connectivity index (χ0n) is 9.29. The molecule has 0 aliphatic carbocycles. The van der Waals surface area contributed by atoms with E-state index in [0.29, 0.717) is 19.5 Å². The van der Waals surface area contributed by atoms with Gasteiger partial charge in [-0.2, -0.15) is 0 Å². The van der Waals surface area contributed by atoms with Crippen molar-refractivity contribution >= 4 is 0 Å². The molecule has 0 amide bonds. The molecular weight excluding hydrogens is 208 g/mol. The summed E-state index contributed by atoms with van der Waals surface area (Å²) in [6, 6.07) is -0.466. The normalized spacial score (nSPS) is 44.3. The van der Waals surface area contributed by atoms with Crippen LogP contribution >= 0.6 is 0 Å². The third kappa shape index (κ3) is 2.01. The molecule has 92 valence electrons. The molecule has 4 N–H and O–H groups in total. The van der Waals surface area contributed by atoms with Crippen molar-refractivity contribution in [1.82, 2.24) is 10.2 Å². The third-order valence-corrected chi connectivity index (χ3v) is 3.60. The first-order chi connectivity index (χ1) is 7.65. The van der Waals surface area contributed by atoms with Crippen molar-refractivity contribution in [2.24, 2.45) is 0 Å². The molecule has 2 saturated heterocycles. The maximum absolute atomic E-state index is 9.97. The van der Waals surface area contributed by atoms with E-state index in [1.54, 1.807) is 6.08 Å². The lowest BCUT2D eigenvalue weighted by Gasteiger charge is -2.43. The highest BCUT2D eigenvalue weighted by atomic mass is 16.3. The number of piperidine rings is 1. The molecule has 0 spiro atoms. The van der Waals surface area contributed by atoms with Crippen LogP contribution in [0.5, 0.6) is 0 Å². The number of nitrogens with one attached hydrogen (secondary N) is 1. The zero-order chi connectivity index (χ0) is 11.7. The fraction of sp³-hybridized carbons (Fsp3) is 0.818. The summed E-state index contributed by atoms with van der Waals surface area (Å²) in [5.74, 6) is 0. The van der Waals surface area contributed by atoms with Crippen LogP contribution < -0.4 is 5.32 Å². The van der Waals surface area contributed by atoms with Crippen LogP contribution in [0.1, 0.15) is 6.42 Å². The van der Waals surface area contributed by atoms with Gasteiger partial charge in [0.25, 0.3) is 0 Å². The van der Waals surface area contributed by atoms with Gasteiger partial charge in [0.2, 0.25) is 0 Å². The highest BCUT2D eigenvalue weighted by Gasteiger charge is 2.47.